The van der Waals surface area contributed by atoms with E-state index >= 15 is 0 Å². The molecule has 8 heteroatoms. The molecule has 0 unspecified atom stereocenters. The van der Waals surface area contributed by atoms with Crippen molar-refractivity contribution in [3.63, 3.8) is 0 Å². The van der Waals surface area contributed by atoms with Gasteiger partial charge in [-0.1, -0.05) is 43.2 Å². The number of benzene rings is 1. The maximum atomic E-state index is 13.6. The number of allylic oxidation sites excluding steroid dienone is 2. The van der Waals surface area contributed by atoms with Crippen LogP contribution >= 0.6 is 11.3 Å². The number of aliphatic hydroxyl groups is 2. The highest BCUT2D eigenvalue weighted by molar-refractivity contribution is 7.09. The van der Waals surface area contributed by atoms with E-state index in [1.807, 2.05) is 53.9 Å². The number of aromatic hydroxyl groups is 1. The van der Waals surface area contributed by atoms with Crippen LogP contribution in [0.25, 0.3) is 11.6 Å². The molecule has 1 aliphatic heterocycles. The molecule has 214 valence electrons. The van der Waals surface area contributed by atoms with Gasteiger partial charge in [-0.25, -0.2) is 0 Å². The summed E-state index contributed by atoms with van der Waals surface area (Å²) in [6.45, 7) is 2.00. The molecule has 0 radical (unpaired) electrons. The molecule has 5 rings (SSSR count). The third kappa shape index (κ3) is 6.20. The van der Waals surface area contributed by atoms with E-state index in [0.717, 1.165) is 39.3 Å². The Kier molecular flexibility index (Phi) is 9.12. The zero-order chi connectivity index (χ0) is 28.9. The summed E-state index contributed by atoms with van der Waals surface area (Å²) < 4.78 is 0. The van der Waals surface area contributed by atoms with Gasteiger partial charge >= 0.3 is 0 Å². The molecule has 1 aliphatic carbocycles. The van der Waals surface area contributed by atoms with Gasteiger partial charge in [-0.2, -0.15) is 0 Å². The lowest BCUT2D eigenvalue weighted by atomic mass is 9.67. The number of carbonyl (C=O) groups excluding carboxylic acids is 2. The second kappa shape index (κ2) is 12.9. The Bertz CT molecular complexity index is 1420. The molecule has 0 bridgehead atoms. The van der Waals surface area contributed by atoms with Crippen molar-refractivity contribution in [2.45, 2.75) is 51.7 Å². The third-order valence-corrected chi connectivity index (χ3v) is 9.05. The number of thiophene rings is 1. The van der Waals surface area contributed by atoms with Gasteiger partial charge < -0.3 is 15.3 Å². The molecule has 41 heavy (non-hydrogen) atoms. The second-order valence-electron chi connectivity index (χ2n) is 10.8. The van der Waals surface area contributed by atoms with Crippen LogP contribution in [-0.4, -0.2) is 49.7 Å². The van der Waals surface area contributed by atoms with Crippen molar-refractivity contribution in [1.29, 1.82) is 0 Å². The maximum Gasteiger partial charge on any atom is 0.234 e. The highest BCUT2D eigenvalue weighted by Crippen LogP contribution is 2.47. The van der Waals surface area contributed by atoms with Crippen molar-refractivity contribution < 1.29 is 24.9 Å². The van der Waals surface area contributed by atoms with Gasteiger partial charge in [0.1, 0.15) is 5.75 Å². The van der Waals surface area contributed by atoms with Gasteiger partial charge in [0.25, 0.3) is 0 Å². The molecular weight excluding hydrogens is 536 g/mol. The molecule has 7 nitrogen and oxygen atoms in total. The second-order valence-corrected chi connectivity index (χ2v) is 11.8. The predicted molar refractivity (Wildman–Crippen MR) is 159 cm³/mol. The van der Waals surface area contributed by atoms with E-state index in [-0.39, 0.29) is 30.7 Å². The van der Waals surface area contributed by atoms with Crippen LogP contribution < -0.4 is 0 Å². The van der Waals surface area contributed by atoms with Crippen LogP contribution in [0.5, 0.6) is 5.75 Å². The molecular formula is C33H36N2O5S. The average Bonchev–Trinajstić information content (AvgIpc) is 3.59. The van der Waals surface area contributed by atoms with Gasteiger partial charge in [-0.05, 0) is 84.2 Å². The zero-order valence-corrected chi connectivity index (χ0v) is 24.0. The summed E-state index contributed by atoms with van der Waals surface area (Å²) in [5.41, 5.74) is 4.33. The summed E-state index contributed by atoms with van der Waals surface area (Å²) in [4.78, 5) is 33.9. The van der Waals surface area contributed by atoms with E-state index in [0.29, 0.717) is 25.7 Å². The molecule has 1 saturated heterocycles. The monoisotopic (exact) mass is 572 g/mol. The fourth-order valence-electron chi connectivity index (χ4n) is 6.32. The number of hydrogen-bond acceptors (Lipinski definition) is 7. The molecule has 1 fully saturated rings. The first-order valence-electron chi connectivity index (χ1n) is 14.2. The highest BCUT2D eigenvalue weighted by atomic mass is 32.1. The SMILES string of the molecule is CCCC1=C([C@H](O)CC/C(=C/c2ccc(O)cc2)c2ccccn2)[C@H](CO)[C@@H]2C(=O)N(Cc3cccs3)C(=O)[C@@H]2C1. The van der Waals surface area contributed by atoms with Crippen molar-refractivity contribution in [2.24, 2.45) is 17.8 Å². The van der Waals surface area contributed by atoms with Crippen LogP contribution in [0, 0.1) is 17.8 Å². The predicted octanol–water partition coefficient (Wildman–Crippen LogP) is 5.44. The Morgan fingerprint density at radius 1 is 1.12 bits per heavy atom. The fourth-order valence-corrected chi connectivity index (χ4v) is 7.02. The minimum Gasteiger partial charge on any atom is -0.508 e. The normalized spacial score (nSPS) is 21.9. The van der Waals surface area contributed by atoms with Crippen molar-refractivity contribution >= 4 is 34.8 Å². The van der Waals surface area contributed by atoms with Crippen LogP contribution in [0.1, 0.15) is 55.2 Å². The average molecular weight is 573 g/mol. The summed E-state index contributed by atoms with van der Waals surface area (Å²) in [5, 5.41) is 33.9. The van der Waals surface area contributed by atoms with Gasteiger partial charge in [0, 0.05) is 17.0 Å². The van der Waals surface area contributed by atoms with Crippen molar-refractivity contribution in [2.75, 3.05) is 6.61 Å². The van der Waals surface area contributed by atoms with Gasteiger partial charge in [0.2, 0.25) is 11.8 Å². The largest absolute Gasteiger partial charge is 0.508 e. The Balaban J connectivity index is 1.41. The number of hydrogen-bond donors (Lipinski definition) is 3. The smallest absolute Gasteiger partial charge is 0.234 e. The Morgan fingerprint density at radius 3 is 2.59 bits per heavy atom. The molecule has 3 aromatic rings. The summed E-state index contributed by atoms with van der Waals surface area (Å²) >= 11 is 1.51. The molecule has 2 amide bonds. The van der Waals surface area contributed by atoms with Crippen LogP contribution in [0.15, 0.2) is 77.3 Å². The Hall–Kier alpha value is -3.59. The zero-order valence-electron chi connectivity index (χ0n) is 23.1. The molecule has 1 aromatic carbocycles. The quantitative estimate of drug-likeness (QED) is 0.208. The molecule has 3 N–H and O–H groups in total. The first kappa shape index (κ1) is 28.9. The topological polar surface area (TPSA) is 111 Å². The first-order valence-corrected chi connectivity index (χ1v) is 15.1. The number of pyridine rings is 1. The van der Waals surface area contributed by atoms with Crippen LogP contribution in [0.2, 0.25) is 0 Å². The lowest BCUT2D eigenvalue weighted by Crippen LogP contribution is -2.39. The number of imide groups is 1. The van der Waals surface area contributed by atoms with E-state index in [9.17, 15) is 24.9 Å². The standard InChI is InChI=1S/C33H36N2O5S/c1-2-6-23-18-26-31(33(40)35(32(26)39)19-25-7-5-16-41-25)27(20-36)30(23)29(38)14-11-22(28-8-3-4-15-34-28)17-21-9-12-24(37)13-10-21/h3-5,7-10,12-13,15-17,26-27,29,31,36-38H,2,6,11,14,18-20H2,1H3/b22-17-/t26-,27+,29-,31-/m1/s1. The van der Waals surface area contributed by atoms with Crippen LogP contribution in [0.4, 0.5) is 0 Å². The number of aromatic nitrogens is 1. The molecule has 0 saturated carbocycles. The lowest BCUT2D eigenvalue weighted by molar-refractivity contribution is -0.140. The van der Waals surface area contributed by atoms with E-state index in [2.05, 4.69) is 11.9 Å². The number of aliphatic hydroxyl groups excluding tert-OH is 2. The number of rotatable bonds is 11. The maximum absolute atomic E-state index is 13.6. The fraction of sp³-hybridized carbons (Fsp3) is 0.364. The van der Waals surface area contributed by atoms with Crippen molar-refractivity contribution in [1.82, 2.24) is 9.88 Å². The summed E-state index contributed by atoms with van der Waals surface area (Å²) in [6.07, 6.45) is 5.70. The Morgan fingerprint density at radius 2 is 1.93 bits per heavy atom. The van der Waals surface area contributed by atoms with Gasteiger partial charge in [-0.15, -0.1) is 11.3 Å². The minimum atomic E-state index is -0.879. The van der Waals surface area contributed by atoms with Gasteiger partial charge in [-0.3, -0.25) is 19.5 Å². The number of fused-ring (bicyclic) bond motifs is 1. The number of amides is 2. The third-order valence-electron chi connectivity index (χ3n) is 8.19. The highest BCUT2D eigenvalue weighted by Gasteiger charge is 2.54. The molecule has 3 heterocycles. The van der Waals surface area contributed by atoms with Crippen LogP contribution in [0.3, 0.4) is 0 Å². The van der Waals surface area contributed by atoms with Crippen molar-refractivity contribution in [3.05, 3.63) is 93.5 Å². The molecule has 2 aromatic heterocycles. The lowest BCUT2D eigenvalue weighted by Gasteiger charge is -2.36. The number of phenolic OH excluding ortho intramolecular Hbond substituents is 1. The molecule has 4 atom stereocenters. The van der Waals surface area contributed by atoms with Gasteiger partial charge in [0.15, 0.2) is 0 Å². The summed E-state index contributed by atoms with van der Waals surface area (Å²) in [7, 11) is 0. The van der Waals surface area contributed by atoms with Crippen molar-refractivity contribution in [3.8, 4) is 5.75 Å². The van der Waals surface area contributed by atoms with E-state index < -0.39 is 23.9 Å². The first-order chi connectivity index (χ1) is 19.9. The minimum absolute atomic E-state index is 0.178. The number of carbonyl (C=O) groups is 2. The van der Waals surface area contributed by atoms with Crippen LogP contribution in [-0.2, 0) is 16.1 Å². The number of nitrogens with zero attached hydrogens (tertiary/aromatic N) is 2. The summed E-state index contributed by atoms with van der Waals surface area (Å²) in [5.74, 6) is -2.02. The Labute approximate surface area is 244 Å². The van der Waals surface area contributed by atoms with E-state index in [1.165, 1.54) is 16.2 Å². The van der Waals surface area contributed by atoms with E-state index in [4.69, 9.17) is 0 Å². The molecule has 2 aliphatic rings. The molecule has 0 spiro atoms. The summed E-state index contributed by atoms with van der Waals surface area (Å²) in [6, 6.07) is 16.4. The van der Waals surface area contributed by atoms with Gasteiger partial charge in [0.05, 0.1) is 36.8 Å². The van der Waals surface area contributed by atoms with E-state index in [1.54, 1.807) is 18.3 Å². The number of likely N-dealkylation sites (tertiary alicyclic amines) is 1. The number of phenols is 1.